The molecule has 152 valence electrons. The number of halogens is 1. The van der Waals surface area contributed by atoms with Gasteiger partial charge in [0.25, 0.3) is 5.91 Å². The van der Waals surface area contributed by atoms with Crippen molar-refractivity contribution >= 4 is 17.8 Å². The minimum absolute atomic E-state index is 0.307. The van der Waals surface area contributed by atoms with Crippen LogP contribution in [0.4, 0.5) is 9.18 Å². The normalized spacial score (nSPS) is 18.5. The first-order valence-corrected chi connectivity index (χ1v) is 9.13. The zero-order valence-electron chi connectivity index (χ0n) is 16.2. The molecule has 8 heteroatoms. The Morgan fingerprint density at radius 1 is 1.21 bits per heavy atom. The van der Waals surface area contributed by atoms with Crippen LogP contribution in [0.3, 0.4) is 0 Å². The zero-order chi connectivity index (χ0) is 21.0. The quantitative estimate of drug-likeness (QED) is 0.697. The lowest BCUT2D eigenvalue weighted by molar-refractivity contribution is -0.134. The highest BCUT2D eigenvalue weighted by Crippen LogP contribution is 2.30. The number of carbonyl (C=O) groups excluding carboxylic acids is 3. The molecule has 0 radical (unpaired) electrons. The topological polar surface area (TPSA) is 87.7 Å². The van der Waals surface area contributed by atoms with Crippen molar-refractivity contribution in [2.75, 3.05) is 20.2 Å². The molecule has 29 heavy (non-hydrogen) atoms. The maximum atomic E-state index is 12.9. The van der Waals surface area contributed by atoms with E-state index in [-0.39, 0.29) is 12.4 Å². The van der Waals surface area contributed by atoms with Crippen molar-refractivity contribution < 1.29 is 23.5 Å². The monoisotopic (exact) mass is 399 g/mol. The van der Waals surface area contributed by atoms with E-state index >= 15 is 0 Å². The third-order valence-electron chi connectivity index (χ3n) is 4.87. The molecule has 4 amide bonds. The lowest BCUT2D eigenvalue weighted by Gasteiger charge is -2.22. The van der Waals surface area contributed by atoms with Gasteiger partial charge >= 0.3 is 6.03 Å². The van der Waals surface area contributed by atoms with E-state index in [2.05, 4.69) is 10.6 Å². The van der Waals surface area contributed by atoms with Gasteiger partial charge in [-0.05, 0) is 48.7 Å². The number of ether oxygens (including phenoxy) is 1. The number of benzene rings is 2. The van der Waals surface area contributed by atoms with Crippen molar-refractivity contribution in [1.82, 2.24) is 15.5 Å². The first-order chi connectivity index (χ1) is 13.8. The minimum Gasteiger partial charge on any atom is -0.497 e. The van der Waals surface area contributed by atoms with Crippen LogP contribution in [0.1, 0.15) is 18.1 Å². The molecular formula is C21H22FN3O4. The number of nitrogens with zero attached hydrogens (tertiary/aromatic N) is 1. The number of carbonyl (C=O) groups is 3. The van der Waals surface area contributed by atoms with E-state index in [4.69, 9.17) is 4.74 Å². The van der Waals surface area contributed by atoms with Crippen molar-refractivity contribution in [2.45, 2.75) is 18.9 Å². The largest absolute Gasteiger partial charge is 0.497 e. The molecule has 2 aromatic carbocycles. The van der Waals surface area contributed by atoms with Gasteiger partial charge in [0.15, 0.2) is 0 Å². The molecule has 0 saturated carbocycles. The van der Waals surface area contributed by atoms with E-state index in [0.717, 1.165) is 10.5 Å². The Hall–Kier alpha value is -3.42. The molecule has 7 nitrogen and oxygen atoms in total. The van der Waals surface area contributed by atoms with Crippen LogP contribution >= 0.6 is 0 Å². The fraction of sp³-hybridized carbons (Fsp3) is 0.286. The molecule has 1 heterocycles. The lowest BCUT2D eigenvalue weighted by atomic mass is 9.92. The number of imide groups is 1. The zero-order valence-corrected chi connectivity index (χ0v) is 16.2. The third-order valence-corrected chi connectivity index (χ3v) is 4.87. The van der Waals surface area contributed by atoms with Crippen molar-refractivity contribution in [2.24, 2.45) is 0 Å². The molecule has 0 bridgehead atoms. The van der Waals surface area contributed by atoms with E-state index in [1.165, 1.54) is 19.2 Å². The number of nitrogens with one attached hydrogen (secondary N) is 2. The Balaban J connectivity index is 1.60. The predicted molar refractivity (Wildman–Crippen MR) is 104 cm³/mol. The Bertz CT molecular complexity index is 932. The van der Waals surface area contributed by atoms with Gasteiger partial charge in [0.1, 0.15) is 23.7 Å². The Morgan fingerprint density at radius 2 is 1.93 bits per heavy atom. The van der Waals surface area contributed by atoms with Gasteiger partial charge in [0.2, 0.25) is 5.91 Å². The second-order valence-corrected chi connectivity index (χ2v) is 6.90. The number of rotatable bonds is 7. The third kappa shape index (κ3) is 4.37. The van der Waals surface area contributed by atoms with Crippen LogP contribution in [-0.4, -0.2) is 42.9 Å². The second kappa shape index (κ2) is 8.30. The summed E-state index contributed by atoms with van der Waals surface area (Å²) in [6, 6.07) is 12.2. The summed E-state index contributed by atoms with van der Waals surface area (Å²) in [4.78, 5) is 38.3. The molecular weight excluding hydrogens is 377 g/mol. The van der Waals surface area contributed by atoms with E-state index in [0.29, 0.717) is 24.3 Å². The Labute approximate surface area is 167 Å². The number of hydrogen-bond donors (Lipinski definition) is 2. The van der Waals surface area contributed by atoms with Crippen LogP contribution in [0.15, 0.2) is 48.5 Å². The van der Waals surface area contributed by atoms with Crippen LogP contribution in [-0.2, 0) is 21.5 Å². The highest BCUT2D eigenvalue weighted by molar-refractivity contribution is 6.09. The first-order valence-electron chi connectivity index (χ1n) is 9.13. The molecule has 0 unspecified atom stereocenters. The number of amides is 4. The molecule has 1 saturated heterocycles. The van der Waals surface area contributed by atoms with Gasteiger partial charge in [-0.15, -0.1) is 0 Å². The molecule has 1 aliphatic heterocycles. The highest BCUT2D eigenvalue weighted by Gasteiger charge is 2.49. The van der Waals surface area contributed by atoms with Crippen LogP contribution < -0.4 is 15.4 Å². The summed E-state index contributed by atoms with van der Waals surface area (Å²) in [5.74, 6) is -0.729. The number of methoxy groups -OCH3 is 1. The van der Waals surface area contributed by atoms with Gasteiger partial charge in [0, 0.05) is 6.54 Å². The summed E-state index contributed by atoms with van der Waals surface area (Å²) in [5, 5.41) is 5.33. The van der Waals surface area contributed by atoms with Crippen molar-refractivity contribution in [3.05, 3.63) is 65.5 Å². The summed E-state index contributed by atoms with van der Waals surface area (Å²) < 4.78 is 18.1. The van der Waals surface area contributed by atoms with Gasteiger partial charge in [-0.3, -0.25) is 14.5 Å². The average molecular weight is 399 g/mol. The van der Waals surface area contributed by atoms with Crippen LogP contribution in [0, 0.1) is 5.82 Å². The smallest absolute Gasteiger partial charge is 0.325 e. The summed E-state index contributed by atoms with van der Waals surface area (Å²) in [6.45, 7) is 1.52. The van der Waals surface area contributed by atoms with Gasteiger partial charge in [0.05, 0.1) is 7.11 Å². The maximum Gasteiger partial charge on any atom is 0.325 e. The van der Waals surface area contributed by atoms with Gasteiger partial charge in [-0.2, -0.15) is 0 Å². The first kappa shape index (κ1) is 20.3. The van der Waals surface area contributed by atoms with E-state index in [1.54, 1.807) is 43.3 Å². The Kier molecular flexibility index (Phi) is 5.81. The maximum absolute atomic E-state index is 12.9. The standard InChI is InChI=1S/C21H22FN3O4/c1-21(15-4-3-5-17(12-15)29-2)19(27)25(20(28)24-21)13-18(26)23-11-10-14-6-8-16(22)9-7-14/h3-9,12H,10-11,13H2,1-2H3,(H,23,26)(H,24,28)/t21-/m0/s1. The molecule has 2 N–H and O–H groups in total. The van der Waals surface area contributed by atoms with E-state index < -0.39 is 23.4 Å². The van der Waals surface area contributed by atoms with Crippen molar-refractivity contribution in [3.63, 3.8) is 0 Å². The van der Waals surface area contributed by atoms with Crippen LogP contribution in [0.2, 0.25) is 0 Å². The lowest BCUT2D eigenvalue weighted by Crippen LogP contribution is -2.43. The summed E-state index contributed by atoms with van der Waals surface area (Å²) in [7, 11) is 1.51. The summed E-state index contributed by atoms with van der Waals surface area (Å²) >= 11 is 0. The second-order valence-electron chi connectivity index (χ2n) is 6.90. The molecule has 1 atom stereocenters. The molecule has 1 fully saturated rings. The van der Waals surface area contributed by atoms with Crippen LogP contribution in [0.25, 0.3) is 0 Å². The average Bonchev–Trinajstić information content (AvgIpc) is 2.93. The van der Waals surface area contributed by atoms with Gasteiger partial charge in [-0.25, -0.2) is 9.18 Å². The molecule has 0 spiro atoms. The Morgan fingerprint density at radius 3 is 2.62 bits per heavy atom. The van der Waals surface area contributed by atoms with Crippen molar-refractivity contribution in [1.29, 1.82) is 0 Å². The minimum atomic E-state index is -1.28. The fourth-order valence-corrected chi connectivity index (χ4v) is 3.17. The van der Waals surface area contributed by atoms with Gasteiger partial charge < -0.3 is 15.4 Å². The molecule has 3 rings (SSSR count). The SMILES string of the molecule is COc1cccc([C@]2(C)NC(=O)N(CC(=O)NCCc3ccc(F)cc3)C2=O)c1. The molecule has 2 aromatic rings. The predicted octanol–water partition coefficient (Wildman–Crippen LogP) is 1.96. The highest BCUT2D eigenvalue weighted by atomic mass is 19.1. The molecule has 0 aromatic heterocycles. The number of hydrogen-bond acceptors (Lipinski definition) is 4. The number of urea groups is 1. The molecule has 0 aliphatic carbocycles. The summed E-state index contributed by atoms with van der Waals surface area (Å²) in [6.07, 6.45) is 0.508. The van der Waals surface area contributed by atoms with E-state index in [1.807, 2.05) is 0 Å². The fourth-order valence-electron chi connectivity index (χ4n) is 3.17. The summed E-state index contributed by atoms with van der Waals surface area (Å²) in [5.41, 5.74) is 0.154. The van der Waals surface area contributed by atoms with Gasteiger partial charge in [-0.1, -0.05) is 24.3 Å². The van der Waals surface area contributed by atoms with E-state index in [9.17, 15) is 18.8 Å². The van der Waals surface area contributed by atoms with Crippen molar-refractivity contribution in [3.8, 4) is 5.75 Å². The molecule has 1 aliphatic rings. The van der Waals surface area contributed by atoms with Crippen LogP contribution in [0.5, 0.6) is 5.75 Å².